The maximum Gasteiger partial charge on any atom is -0.0232 e. The Morgan fingerprint density at radius 2 is 2.20 bits per heavy atom. The van der Waals surface area contributed by atoms with Crippen LogP contribution in [0, 0.1) is 5.92 Å². The van der Waals surface area contributed by atoms with E-state index in [0.29, 0.717) is 5.92 Å². The molecule has 1 unspecified atom stereocenters. The predicted molar refractivity (Wildman–Crippen MR) is 48.0 cm³/mol. The minimum Gasteiger partial charge on any atom is -0.103 e. The Labute approximate surface area is 64.6 Å². The monoisotopic (exact) mass is 138 g/mol. The van der Waals surface area contributed by atoms with Gasteiger partial charge in [-0.1, -0.05) is 32.1 Å². The van der Waals surface area contributed by atoms with Gasteiger partial charge >= 0.3 is 0 Å². The highest BCUT2D eigenvalue weighted by Gasteiger charge is 2.01. The fourth-order valence-corrected chi connectivity index (χ4v) is 0.920. The maximum atomic E-state index is 3.99. The van der Waals surface area contributed by atoms with Crippen molar-refractivity contribution < 1.29 is 0 Å². The Bertz CT molecular complexity index is 111. The molecule has 0 nitrogen and oxygen atoms in total. The van der Waals surface area contributed by atoms with Crippen molar-refractivity contribution in [2.24, 2.45) is 5.92 Å². The van der Waals surface area contributed by atoms with Crippen molar-refractivity contribution in [3.05, 3.63) is 24.8 Å². The number of hydrogen-bond donors (Lipinski definition) is 0. The molecule has 0 saturated heterocycles. The van der Waals surface area contributed by atoms with E-state index in [-0.39, 0.29) is 0 Å². The first-order valence-corrected chi connectivity index (χ1v) is 4.00. The summed E-state index contributed by atoms with van der Waals surface area (Å²) in [4.78, 5) is 0. The molecule has 0 bridgehead atoms. The van der Waals surface area contributed by atoms with Gasteiger partial charge in [0.25, 0.3) is 0 Å². The topological polar surface area (TPSA) is 0 Å². The molecule has 0 aliphatic carbocycles. The van der Waals surface area contributed by atoms with Gasteiger partial charge in [0.15, 0.2) is 0 Å². The van der Waals surface area contributed by atoms with Gasteiger partial charge in [-0.25, -0.2) is 0 Å². The van der Waals surface area contributed by atoms with E-state index in [1.165, 1.54) is 12.0 Å². The van der Waals surface area contributed by atoms with Gasteiger partial charge in [0.2, 0.25) is 0 Å². The van der Waals surface area contributed by atoms with Gasteiger partial charge in [-0.2, -0.15) is 0 Å². The van der Waals surface area contributed by atoms with E-state index in [1.807, 2.05) is 6.08 Å². The summed E-state index contributed by atoms with van der Waals surface area (Å²) in [6, 6.07) is 0. The molecule has 0 aromatic carbocycles. The third kappa shape index (κ3) is 3.49. The second-order valence-electron chi connectivity index (χ2n) is 2.78. The van der Waals surface area contributed by atoms with E-state index in [1.54, 1.807) is 0 Å². The maximum absolute atomic E-state index is 3.99. The van der Waals surface area contributed by atoms with Crippen LogP contribution >= 0.6 is 0 Å². The highest BCUT2D eigenvalue weighted by molar-refractivity contribution is 4.97. The minimum absolute atomic E-state index is 0.669. The molecule has 0 heterocycles. The molecule has 1 atom stereocenters. The first kappa shape index (κ1) is 9.48. The summed E-state index contributed by atoms with van der Waals surface area (Å²) < 4.78 is 0. The Morgan fingerprint density at radius 1 is 1.60 bits per heavy atom. The molecule has 0 N–H and O–H groups in total. The Morgan fingerprint density at radius 3 is 2.60 bits per heavy atom. The van der Waals surface area contributed by atoms with E-state index in [2.05, 4.69) is 27.0 Å². The Kier molecular flexibility index (Phi) is 5.00. The average Bonchev–Trinajstić information content (AvgIpc) is 1.98. The molecule has 0 aliphatic heterocycles. The molecular weight excluding hydrogens is 120 g/mol. The van der Waals surface area contributed by atoms with Crippen LogP contribution in [0.5, 0.6) is 0 Å². The largest absolute Gasteiger partial charge is 0.103 e. The standard InChI is InChI=1S/C10H18/c1-5-7-8-10(4)9(3)6-2/h5,10H,1,3,6-8H2,2,4H3. The van der Waals surface area contributed by atoms with Gasteiger partial charge in [-0.05, 0) is 25.2 Å². The summed E-state index contributed by atoms with van der Waals surface area (Å²) in [7, 11) is 0. The summed E-state index contributed by atoms with van der Waals surface area (Å²) in [5.74, 6) is 0.669. The van der Waals surface area contributed by atoms with Gasteiger partial charge in [0, 0.05) is 0 Å². The van der Waals surface area contributed by atoms with Crippen LogP contribution in [-0.2, 0) is 0 Å². The molecule has 0 heteroatoms. The van der Waals surface area contributed by atoms with E-state index in [4.69, 9.17) is 0 Å². The fraction of sp³-hybridized carbons (Fsp3) is 0.600. The van der Waals surface area contributed by atoms with Crippen LogP contribution < -0.4 is 0 Å². The second kappa shape index (κ2) is 5.28. The molecule has 0 rings (SSSR count). The van der Waals surface area contributed by atoms with Crippen molar-refractivity contribution in [3.8, 4) is 0 Å². The summed E-state index contributed by atoms with van der Waals surface area (Å²) in [6.07, 6.45) is 5.40. The predicted octanol–water partition coefficient (Wildman–Crippen LogP) is 3.55. The molecule has 0 aromatic heterocycles. The van der Waals surface area contributed by atoms with E-state index in [0.717, 1.165) is 12.8 Å². The normalized spacial score (nSPS) is 12.6. The van der Waals surface area contributed by atoms with Gasteiger partial charge in [-0.15, -0.1) is 6.58 Å². The quantitative estimate of drug-likeness (QED) is 0.510. The van der Waals surface area contributed by atoms with Crippen molar-refractivity contribution >= 4 is 0 Å². The average molecular weight is 138 g/mol. The summed E-state index contributed by atoms with van der Waals surface area (Å²) in [5.41, 5.74) is 1.36. The third-order valence-corrected chi connectivity index (χ3v) is 1.95. The molecule has 58 valence electrons. The first-order valence-electron chi connectivity index (χ1n) is 4.00. The molecule has 10 heavy (non-hydrogen) atoms. The molecule has 0 fully saturated rings. The molecule has 0 amide bonds. The number of rotatable bonds is 5. The first-order chi connectivity index (χ1) is 4.72. The molecule has 0 radical (unpaired) electrons. The second-order valence-corrected chi connectivity index (χ2v) is 2.78. The molecule has 0 aromatic rings. The van der Waals surface area contributed by atoms with Crippen LogP contribution in [0.3, 0.4) is 0 Å². The van der Waals surface area contributed by atoms with Crippen LogP contribution in [-0.4, -0.2) is 0 Å². The zero-order valence-electron chi connectivity index (χ0n) is 7.19. The van der Waals surface area contributed by atoms with Gasteiger partial charge in [0.1, 0.15) is 0 Å². The van der Waals surface area contributed by atoms with Crippen LogP contribution in [0.15, 0.2) is 24.8 Å². The molecular formula is C10H18. The highest BCUT2D eigenvalue weighted by atomic mass is 14.1. The van der Waals surface area contributed by atoms with Crippen molar-refractivity contribution in [2.45, 2.75) is 33.1 Å². The van der Waals surface area contributed by atoms with E-state index >= 15 is 0 Å². The molecule has 0 aliphatic rings. The van der Waals surface area contributed by atoms with Crippen LogP contribution in [0.1, 0.15) is 33.1 Å². The van der Waals surface area contributed by atoms with Crippen LogP contribution in [0.25, 0.3) is 0 Å². The minimum atomic E-state index is 0.669. The van der Waals surface area contributed by atoms with Crippen molar-refractivity contribution in [1.29, 1.82) is 0 Å². The van der Waals surface area contributed by atoms with Gasteiger partial charge < -0.3 is 0 Å². The van der Waals surface area contributed by atoms with Crippen LogP contribution in [0.2, 0.25) is 0 Å². The SMILES string of the molecule is C=CCCC(C)C(=C)CC. The lowest BCUT2D eigenvalue weighted by molar-refractivity contribution is 0.606. The summed E-state index contributed by atoms with van der Waals surface area (Å²) in [5, 5.41) is 0. The van der Waals surface area contributed by atoms with Crippen molar-refractivity contribution in [2.75, 3.05) is 0 Å². The van der Waals surface area contributed by atoms with Crippen molar-refractivity contribution in [3.63, 3.8) is 0 Å². The van der Waals surface area contributed by atoms with Crippen LogP contribution in [0.4, 0.5) is 0 Å². The Hall–Kier alpha value is -0.520. The van der Waals surface area contributed by atoms with Gasteiger partial charge in [-0.3, -0.25) is 0 Å². The molecule has 0 saturated carbocycles. The smallest absolute Gasteiger partial charge is 0.0232 e. The number of hydrogen-bond acceptors (Lipinski definition) is 0. The molecule has 0 spiro atoms. The summed E-state index contributed by atoms with van der Waals surface area (Å²) in [6.45, 7) is 12.1. The van der Waals surface area contributed by atoms with Crippen molar-refractivity contribution in [1.82, 2.24) is 0 Å². The van der Waals surface area contributed by atoms with E-state index in [9.17, 15) is 0 Å². The number of allylic oxidation sites excluding steroid dienone is 2. The van der Waals surface area contributed by atoms with Gasteiger partial charge in [0.05, 0.1) is 0 Å². The van der Waals surface area contributed by atoms with E-state index < -0.39 is 0 Å². The summed E-state index contributed by atoms with van der Waals surface area (Å²) >= 11 is 0. The zero-order chi connectivity index (χ0) is 7.98. The lowest BCUT2D eigenvalue weighted by Gasteiger charge is -2.10. The highest BCUT2D eigenvalue weighted by Crippen LogP contribution is 2.17. The zero-order valence-corrected chi connectivity index (χ0v) is 7.19. The third-order valence-electron chi connectivity index (χ3n) is 1.95. The Balaban J connectivity index is 3.50. The fourth-order valence-electron chi connectivity index (χ4n) is 0.920. The lowest BCUT2D eigenvalue weighted by Crippen LogP contribution is -1.95. The lowest BCUT2D eigenvalue weighted by atomic mass is 9.96.